The number of rotatable bonds is 5. The first kappa shape index (κ1) is 20.3. The van der Waals surface area contributed by atoms with Gasteiger partial charge in [-0.3, -0.25) is 19.3 Å². The maximum absolute atomic E-state index is 12.6. The summed E-state index contributed by atoms with van der Waals surface area (Å²) in [5.74, 6) is -1.07. The molecule has 30 heavy (non-hydrogen) atoms. The molecule has 0 fully saturated rings. The van der Waals surface area contributed by atoms with Crippen LogP contribution in [0.25, 0.3) is 0 Å². The zero-order chi connectivity index (χ0) is 21.4. The Morgan fingerprint density at radius 2 is 1.87 bits per heavy atom. The van der Waals surface area contributed by atoms with Gasteiger partial charge in [0.05, 0.1) is 23.8 Å². The zero-order valence-corrected chi connectivity index (χ0v) is 17.6. The third-order valence-corrected chi connectivity index (χ3v) is 6.76. The van der Waals surface area contributed by atoms with E-state index in [9.17, 15) is 19.2 Å². The van der Waals surface area contributed by atoms with Crippen LogP contribution in [0.3, 0.4) is 0 Å². The lowest BCUT2D eigenvalue weighted by Gasteiger charge is -2.18. The van der Waals surface area contributed by atoms with Crippen LogP contribution in [0.2, 0.25) is 0 Å². The number of carbonyl (C=O) groups is 4. The van der Waals surface area contributed by atoms with E-state index < -0.39 is 5.97 Å². The van der Waals surface area contributed by atoms with Gasteiger partial charge in [0.1, 0.15) is 5.00 Å². The molecule has 1 unspecified atom stereocenters. The summed E-state index contributed by atoms with van der Waals surface area (Å²) in [6, 6.07) is 6.62. The van der Waals surface area contributed by atoms with E-state index in [0.717, 1.165) is 34.6 Å². The number of ether oxygens (including phenoxy) is 1. The largest absolute Gasteiger partial charge is 0.465 e. The number of amides is 3. The molecule has 1 N–H and O–H groups in total. The molecule has 2 heterocycles. The molecule has 2 aliphatic rings. The number of nitrogens with one attached hydrogen (secondary N) is 1. The molecule has 0 bridgehead atoms. The number of imide groups is 1. The number of thiophene rings is 1. The molecule has 1 aliphatic carbocycles. The van der Waals surface area contributed by atoms with Crippen LogP contribution < -0.4 is 5.32 Å². The van der Waals surface area contributed by atoms with E-state index in [0.29, 0.717) is 27.6 Å². The molecular formula is C22H22N2O5S. The molecule has 1 aromatic heterocycles. The Hall–Kier alpha value is -3.00. The van der Waals surface area contributed by atoms with Gasteiger partial charge in [0.25, 0.3) is 11.8 Å². The Morgan fingerprint density at radius 3 is 2.50 bits per heavy atom. The standard InChI is InChI=1S/C22H22N2O5S/c1-12-7-8-15-16(11-12)30-19(18(15)22(28)29-2)23-17(25)9-10-24-20(26)13-5-3-4-6-14(13)21(24)27/h3-6,12H,7-11H2,1-2H3,(H,23,25). The van der Waals surface area contributed by atoms with Gasteiger partial charge >= 0.3 is 5.97 Å². The van der Waals surface area contributed by atoms with Gasteiger partial charge in [0, 0.05) is 17.8 Å². The number of anilines is 1. The van der Waals surface area contributed by atoms with Crippen LogP contribution in [-0.4, -0.2) is 42.2 Å². The van der Waals surface area contributed by atoms with E-state index in [1.807, 2.05) is 0 Å². The first-order valence-electron chi connectivity index (χ1n) is 9.88. The van der Waals surface area contributed by atoms with Crippen molar-refractivity contribution in [3.8, 4) is 0 Å². The van der Waals surface area contributed by atoms with Gasteiger partial charge in [-0.05, 0) is 42.9 Å². The van der Waals surface area contributed by atoms with Crippen molar-refractivity contribution in [2.45, 2.75) is 32.6 Å². The maximum Gasteiger partial charge on any atom is 0.341 e. The summed E-state index contributed by atoms with van der Waals surface area (Å²) in [5, 5.41) is 3.28. The molecule has 8 heteroatoms. The van der Waals surface area contributed by atoms with E-state index >= 15 is 0 Å². The van der Waals surface area contributed by atoms with Gasteiger partial charge in [-0.15, -0.1) is 11.3 Å². The van der Waals surface area contributed by atoms with E-state index in [-0.39, 0.29) is 30.7 Å². The van der Waals surface area contributed by atoms with E-state index in [1.165, 1.54) is 18.4 Å². The van der Waals surface area contributed by atoms with Crippen molar-refractivity contribution < 1.29 is 23.9 Å². The molecule has 0 saturated carbocycles. The summed E-state index contributed by atoms with van der Waals surface area (Å²) in [6.07, 6.45) is 2.59. The van der Waals surface area contributed by atoms with Gasteiger partial charge < -0.3 is 10.1 Å². The first-order chi connectivity index (χ1) is 14.4. The zero-order valence-electron chi connectivity index (χ0n) is 16.8. The second-order valence-corrected chi connectivity index (χ2v) is 8.76. The molecule has 0 radical (unpaired) electrons. The number of hydrogen-bond acceptors (Lipinski definition) is 6. The van der Waals surface area contributed by atoms with Crippen molar-refractivity contribution in [1.82, 2.24) is 4.90 Å². The molecule has 4 rings (SSSR count). The van der Waals surface area contributed by atoms with Crippen LogP contribution >= 0.6 is 11.3 Å². The minimum Gasteiger partial charge on any atom is -0.465 e. The fraction of sp³-hybridized carbons (Fsp3) is 0.364. The predicted molar refractivity (Wildman–Crippen MR) is 112 cm³/mol. The second kappa shape index (κ2) is 8.02. The molecule has 0 spiro atoms. The Labute approximate surface area is 178 Å². The van der Waals surface area contributed by atoms with Crippen molar-refractivity contribution in [2.24, 2.45) is 5.92 Å². The van der Waals surface area contributed by atoms with Gasteiger partial charge in [-0.25, -0.2) is 4.79 Å². The van der Waals surface area contributed by atoms with Crippen molar-refractivity contribution >= 4 is 40.0 Å². The molecule has 156 valence electrons. The Kier molecular flexibility index (Phi) is 5.42. The van der Waals surface area contributed by atoms with Gasteiger partial charge in [-0.2, -0.15) is 0 Å². The maximum atomic E-state index is 12.6. The Balaban J connectivity index is 1.47. The molecule has 1 atom stereocenters. The average Bonchev–Trinajstić information content (AvgIpc) is 3.20. The van der Waals surface area contributed by atoms with Gasteiger partial charge in [0.15, 0.2) is 0 Å². The predicted octanol–water partition coefficient (Wildman–Crippen LogP) is 3.28. The number of hydrogen-bond donors (Lipinski definition) is 1. The summed E-state index contributed by atoms with van der Waals surface area (Å²) in [4.78, 5) is 52.0. The summed E-state index contributed by atoms with van der Waals surface area (Å²) < 4.78 is 4.93. The Morgan fingerprint density at radius 1 is 1.20 bits per heavy atom. The van der Waals surface area contributed by atoms with E-state index in [4.69, 9.17) is 4.74 Å². The summed E-state index contributed by atoms with van der Waals surface area (Å²) in [6.45, 7) is 2.15. The van der Waals surface area contributed by atoms with Crippen LogP contribution in [0.1, 0.15) is 61.3 Å². The number of fused-ring (bicyclic) bond motifs is 2. The fourth-order valence-electron chi connectivity index (χ4n) is 4.00. The molecular weight excluding hydrogens is 404 g/mol. The topological polar surface area (TPSA) is 92.8 Å². The van der Waals surface area contributed by atoms with Crippen LogP contribution in [-0.2, 0) is 22.4 Å². The highest BCUT2D eigenvalue weighted by Gasteiger charge is 2.35. The third-order valence-electron chi connectivity index (χ3n) is 5.59. The summed E-state index contributed by atoms with van der Waals surface area (Å²) >= 11 is 1.41. The van der Waals surface area contributed by atoms with Crippen LogP contribution in [0.4, 0.5) is 5.00 Å². The normalized spacial score (nSPS) is 17.5. The lowest BCUT2D eigenvalue weighted by Crippen LogP contribution is -2.32. The van der Waals surface area contributed by atoms with Crippen molar-refractivity contribution in [3.05, 3.63) is 51.4 Å². The van der Waals surface area contributed by atoms with Crippen LogP contribution in [0.5, 0.6) is 0 Å². The molecule has 0 saturated heterocycles. The van der Waals surface area contributed by atoms with Crippen LogP contribution in [0.15, 0.2) is 24.3 Å². The molecule has 7 nitrogen and oxygen atoms in total. The number of methoxy groups -OCH3 is 1. The quantitative estimate of drug-likeness (QED) is 0.585. The monoisotopic (exact) mass is 426 g/mol. The number of benzene rings is 1. The number of esters is 1. The SMILES string of the molecule is COC(=O)c1c(NC(=O)CCN2C(=O)c3ccccc3C2=O)sc2c1CCC(C)C2. The minimum absolute atomic E-state index is 0.0200. The smallest absolute Gasteiger partial charge is 0.341 e. The van der Waals surface area contributed by atoms with Crippen molar-refractivity contribution in [1.29, 1.82) is 0 Å². The van der Waals surface area contributed by atoms with Crippen LogP contribution in [0, 0.1) is 5.92 Å². The van der Waals surface area contributed by atoms with Crippen molar-refractivity contribution in [2.75, 3.05) is 19.0 Å². The Bertz CT molecular complexity index is 1020. The second-order valence-electron chi connectivity index (χ2n) is 7.65. The average molecular weight is 426 g/mol. The lowest BCUT2D eigenvalue weighted by molar-refractivity contribution is -0.116. The molecule has 2 aromatic rings. The molecule has 3 amide bonds. The summed E-state index contributed by atoms with van der Waals surface area (Å²) in [5.41, 5.74) is 2.10. The highest BCUT2D eigenvalue weighted by atomic mass is 32.1. The highest BCUT2D eigenvalue weighted by molar-refractivity contribution is 7.17. The fourth-order valence-corrected chi connectivity index (χ4v) is 5.42. The third kappa shape index (κ3) is 3.52. The van der Waals surface area contributed by atoms with Gasteiger partial charge in [0.2, 0.25) is 5.91 Å². The minimum atomic E-state index is -0.460. The lowest BCUT2D eigenvalue weighted by atomic mass is 9.88. The van der Waals surface area contributed by atoms with Crippen molar-refractivity contribution in [3.63, 3.8) is 0 Å². The summed E-state index contributed by atoms with van der Waals surface area (Å²) in [7, 11) is 1.33. The molecule has 1 aromatic carbocycles. The van der Waals surface area contributed by atoms with E-state index in [1.54, 1.807) is 24.3 Å². The van der Waals surface area contributed by atoms with Gasteiger partial charge in [-0.1, -0.05) is 19.1 Å². The first-order valence-corrected chi connectivity index (χ1v) is 10.7. The highest BCUT2D eigenvalue weighted by Crippen LogP contribution is 2.40. The number of nitrogens with zero attached hydrogens (tertiary/aromatic N) is 1. The number of carbonyl (C=O) groups excluding carboxylic acids is 4. The molecule has 1 aliphatic heterocycles. The van der Waals surface area contributed by atoms with E-state index in [2.05, 4.69) is 12.2 Å².